The van der Waals surface area contributed by atoms with Crippen molar-refractivity contribution in [3.63, 3.8) is 0 Å². The summed E-state index contributed by atoms with van der Waals surface area (Å²) in [5.41, 5.74) is 5.82. The molecule has 0 aliphatic carbocycles. The van der Waals surface area contributed by atoms with E-state index in [0.29, 0.717) is 12.1 Å². The molecule has 96 valence electrons. The van der Waals surface area contributed by atoms with Crippen molar-refractivity contribution in [1.29, 1.82) is 0 Å². The summed E-state index contributed by atoms with van der Waals surface area (Å²) in [6.45, 7) is 4.27. The SMILES string of the molecule is Cc1ccc2c(c1C)N(Cc1cscn1)C(=O)C2=O. The van der Waals surface area contributed by atoms with E-state index in [4.69, 9.17) is 0 Å². The van der Waals surface area contributed by atoms with Gasteiger partial charge in [-0.2, -0.15) is 0 Å². The molecular weight excluding hydrogens is 260 g/mol. The van der Waals surface area contributed by atoms with E-state index in [0.717, 1.165) is 22.5 Å². The summed E-state index contributed by atoms with van der Waals surface area (Å²) in [4.78, 5) is 29.8. The standard InChI is InChI=1S/C14H12N2O2S/c1-8-3-4-11-12(9(8)2)16(14(18)13(11)17)5-10-6-19-7-15-10/h3-4,6-7H,5H2,1-2H3. The molecule has 0 bridgehead atoms. The Bertz CT molecular complexity index is 677. The van der Waals surface area contributed by atoms with Gasteiger partial charge >= 0.3 is 0 Å². The molecule has 5 heteroatoms. The third-order valence-corrected chi connectivity index (χ3v) is 4.09. The summed E-state index contributed by atoms with van der Waals surface area (Å²) in [7, 11) is 0. The topological polar surface area (TPSA) is 50.3 Å². The molecular formula is C14H12N2O2S. The second-order valence-corrected chi connectivity index (χ2v) is 5.32. The first-order chi connectivity index (χ1) is 9.09. The number of benzene rings is 1. The molecule has 3 rings (SSSR count). The Morgan fingerprint density at radius 2 is 2.05 bits per heavy atom. The summed E-state index contributed by atoms with van der Waals surface area (Å²) in [5.74, 6) is -0.884. The van der Waals surface area contributed by atoms with Crippen LogP contribution in [0.3, 0.4) is 0 Å². The molecule has 1 aromatic heterocycles. The van der Waals surface area contributed by atoms with Crippen molar-refractivity contribution in [2.24, 2.45) is 0 Å². The van der Waals surface area contributed by atoms with E-state index in [1.54, 1.807) is 11.6 Å². The van der Waals surface area contributed by atoms with Crippen molar-refractivity contribution in [1.82, 2.24) is 4.98 Å². The van der Waals surface area contributed by atoms with Gasteiger partial charge in [0.15, 0.2) is 0 Å². The maximum Gasteiger partial charge on any atom is 0.299 e. The monoisotopic (exact) mass is 272 g/mol. The smallest absolute Gasteiger partial charge is 0.298 e. The zero-order valence-corrected chi connectivity index (χ0v) is 11.5. The van der Waals surface area contributed by atoms with Crippen LogP contribution in [0.5, 0.6) is 0 Å². The summed E-state index contributed by atoms with van der Waals surface area (Å²) in [6.07, 6.45) is 0. The molecule has 2 aromatic rings. The van der Waals surface area contributed by atoms with Crippen LogP contribution in [0.1, 0.15) is 27.2 Å². The Morgan fingerprint density at radius 3 is 2.74 bits per heavy atom. The predicted octanol–water partition coefficient (Wildman–Crippen LogP) is 2.49. The van der Waals surface area contributed by atoms with Crippen LogP contribution in [-0.2, 0) is 11.3 Å². The number of Topliss-reactive ketones (excluding diaryl/α,β-unsaturated/α-hetero) is 1. The van der Waals surface area contributed by atoms with Gasteiger partial charge in [-0.1, -0.05) is 6.07 Å². The Kier molecular flexibility index (Phi) is 2.71. The van der Waals surface area contributed by atoms with Gasteiger partial charge in [0.05, 0.1) is 29.0 Å². The molecule has 0 atom stereocenters. The third-order valence-electron chi connectivity index (χ3n) is 3.46. The molecule has 1 amide bonds. The fourth-order valence-electron chi connectivity index (χ4n) is 2.30. The molecule has 19 heavy (non-hydrogen) atoms. The minimum absolute atomic E-state index is 0.353. The number of aromatic nitrogens is 1. The molecule has 0 spiro atoms. The largest absolute Gasteiger partial charge is 0.299 e. The lowest BCUT2D eigenvalue weighted by Gasteiger charge is -2.18. The number of hydrogen-bond donors (Lipinski definition) is 0. The Morgan fingerprint density at radius 1 is 1.26 bits per heavy atom. The maximum atomic E-state index is 12.1. The fraction of sp³-hybridized carbons (Fsp3) is 0.214. The number of anilines is 1. The Labute approximate surface area is 114 Å². The molecule has 0 radical (unpaired) electrons. The van der Waals surface area contributed by atoms with Crippen LogP contribution in [0.15, 0.2) is 23.0 Å². The van der Waals surface area contributed by atoms with Crippen LogP contribution in [0, 0.1) is 13.8 Å². The Balaban J connectivity index is 2.10. The van der Waals surface area contributed by atoms with Gasteiger partial charge in [-0.05, 0) is 31.0 Å². The van der Waals surface area contributed by atoms with E-state index in [-0.39, 0.29) is 0 Å². The molecule has 1 aliphatic heterocycles. The maximum absolute atomic E-state index is 12.1. The van der Waals surface area contributed by atoms with Crippen LogP contribution in [-0.4, -0.2) is 16.7 Å². The fourth-order valence-corrected chi connectivity index (χ4v) is 2.85. The summed E-state index contributed by atoms with van der Waals surface area (Å²) >= 11 is 1.48. The summed E-state index contributed by atoms with van der Waals surface area (Å²) in [6, 6.07) is 3.62. The first-order valence-corrected chi connectivity index (χ1v) is 6.87. The summed E-state index contributed by atoms with van der Waals surface area (Å²) < 4.78 is 0. The van der Waals surface area contributed by atoms with Crippen molar-refractivity contribution in [3.05, 3.63) is 45.4 Å². The number of nitrogens with zero attached hydrogens (tertiary/aromatic N) is 2. The highest BCUT2D eigenvalue weighted by Gasteiger charge is 2.37. The number of aryl methyl sites for hydroxylation is 1. The number of rotatable bonds is 2. The highest BCUT2D eigenvalue weighted by molar-refractivity contribution is 7.07. The minimum atomic E-state index is -0.461. The van der Waals surface area contributed by atoms with Gasteiger partial charge in [-0.3, -0.25) is 14.5 Å². The highest BCUT2D eigenvalue weighted by atomic mass is 32.1. The average Bonchev–Trinajstić information content (AvgIpc) is 2.98. The van der Waals surface area contributed by atoms with Gasteiger partial charge in [-0.25, -0.2) is 4.98 Å². The van der Waals surface area contributed by atoms with Crippen LogP contribution >= 0.6 is 11.3 Å². The van der Waals surface area contributed by atoms with Crippen LogP contribution in [0.4, 0.5) is 5.69 Å². The van der Waals surface area contributed by atoms with Crippen molar-refractivity contribution < 1.29 is 9.59 Å². The quantitative estimate of drug-likeness (QED) is 0.789. The lowest BCUT2D eigenvalue weighted by molar-refractivity contribution is -0.114. The molecule has 0 saturated heterocycles. The van der Waals surface area contributed by atoms with Crippen LogP contribution in [0.25, 0.3) is 0 Å². The van der Waals surface area contributed by atoms with E-state index in [1.807, 2.05) is 25.3 Å². The van der Waals surface area contributed by atoms with Gasteiger partial charge in [-0.15, -0.1) is 11.3 Å². The zero-order valence-electron chi connectivity index (χ0n) is 10.6. The molecule has 0 N–H and O–H groups in total. The number of amides is 1. The minimum Gasteiger partial charge on any atom is -0.298 e. The number of carbonyl (C=O) groups is 2. The van der Waals surface area contributed by atoms with Crippen molar-refractivity contribution in [3.8, 4) is 0 Å². The van der Waals surface area contributed by atoms with Crippen molar-refractivity contribution in [2.75, 3.05) is 4.90 Å². The van der Waals surface area contributed by atoms with E-state index in [2.05, 4.69) is 4.98 Å². The molecule has 1 aliphatic rings. The second kappa shape index (κ2) is 4.28. The molecule has 2 heterocycles. The number of fused-ring (bicyclic) bond motifs is 1. The predicted molar refractivity (Wildman–Crippen MR) is 73.6 cm³/mol. The lowest BCUT2D eigenvalue weighted by Crippen LogP contribution is -2.29. The third kappa shape index (κ3) is 1.77. The first kappa shape index (κ1) is 12.0. The number of thiazole rings is 1. The molecule has 0 saturated carbocycles. The van der Waals surface area contributed by atoms with E-state index >= 15 is 0 Å². The van der Waals surface area contributed by atoms with E-state index in [9.17, 15) is 9.59 Å². The molecule has 0 fully saturated rings. The van der Waals surface area contributed by atoms with E-state index in [1.165, 1.54) is 16.2 Å². The summed E-state index contributed by atoms with van der Waals surface area (Å²) in [5, 5.41) is 1.89. The number of ketones is 1. The lowest BCUT2D eigenvalue weighted by atomic mass is 10.0. The normalized spacial score (nSPS) is 14.1. The van der Waals surface area contributed by atoms with Crippen LogP contribution < -0.4 is 4.90 Å². The van der Waals surface area contributed by atoms with Gasteiger partial charge in [0, 0.05) is 5.38 Å². The first-order valence-electron chi connectivity index (χ1n) is 5.93. The Hall–Kier alpha value is -2.01. The zero-order chi connectivity index (χ0) is 13.6. The number of hydrogen-bond acceptors (Lipinski definition) is 4. The van der Waals surface area contributed by atoms with Gasteiger partial charge in [0.2, 0.25) is 0 Å². The van der Waals surface area contributed by atoms with Gasteiger partial charge in [0.25, 0.3) is 11.7 Å². The van der Waals surface area contributed by atoms with Gasteiger partial charge in [0.1, 0.15) is 0 Å². The van der Waals surface area contributed by atoms with Gasteiger partial charge < -0.3 is 0 Å². The van der Waals surface area contributed by atoms with Crippen molar-refractivity contribution >= 4 is 28.7 Å². The second-order valence-electron chi connectivity index (χ2n) is 4.60. The van der Waals surface area contributed by atoms with Crippen LogP contribution in [0.2, 0.25) is 0 Å². The average molecular weight is 272 g/mol. The molecule has 1 aromatic carbocycles. The molecule has 4 nitrogen and oxygen atoms in total. The van der Waals surface area contributed by atoms with E-state index < -0.39 is 11.7 Å². The number of carbonyl (C=O) groups excluding carboxylic acids is 2. The van der Waals surface area contributed by atoms with Crippen molar-refractivity contribution in [2.45, 2.75) is 20.4 Å². The highest BCUT2D eigenvalue weighted by Crippen LogP contribution is 2.34. The molecule has 0 unspecified atom stereocenters.